The third-order valence-corrected chi connectivity index (χ3v) is 6.03. The first-order valence-corrected chi connectivity index (χ1v) is 8.45. The summed E-state index contributed by atoms with van der Waals surface area (Å²) in [5, 5.41) is 3.90. The number of hydrogen-bond donors (Lipinski definition) is 1. The lowest BCUT2D eigenvalue weighted by molar-refractivity contribution is 0.0559. The molecule has 2 aliphatic carbocycles. The van der Waals surface area contributed by atoms with E-state index in [1.165, 1.54) is 37.7 Å². The highest BCUT2D eigenvalue weighted by Gasteiger charge is 2.40. The summed E-state index contributed by atoms with van der Waals surface area (Å²) < 4.78 is 0. The summed E-state index contributed by atoms with van der Waals surface area (Å²) in [5.41, 5.74) is 3.80. The van der Waals surface area contributed by atoms with Gasteiger partial charge in [-0.05, 0) is 62.7 Å². The van der Waals surface area contributed by atoms with Gasteiger partial charge < -0.3 is 10.2 Å². The summed E-state index contributed by atoms with van der Waals surface area (Å²) in [6.45, 7) is 5.89. The molecule has 0 aromatic heterocycles. The van der Waals surface area contributed by atoms with Gasteiger partial charge in [0.25, 0.3) is 0 Å². The van der Waals surface area contributed by atoms with Crippen molar-refractivity contribution in [1.29, 1.82) is 0 Å². The Balaban J connectivity index is 1.75. The van der Waals surface area contributed by atoms with Gasteiger partial charge in [-0.25, -0.2) is 0 Å². The smallest absolute Gasteiger partial charge is 0.0328 e. The molecule has 1 N–H and O–H groups in total. The molecule has 0 amide bonds. The Hall–Kier alpha value is -0.860. The fraction of sp³-hybridized carbons (Fsp3) is 0.684. The van der Waals surface area contributed by atoms with Crippen molar-refractivity contribution >= 4 is 0 Å². The van der Waals surface area contributed by atoms with Gasteiger partial charge in [0.1, 0.15) is 0 Å². The Labute approximate surface area is 129 Å². The van der Waals surface area contributed by atoms with Gasteiger partial charge in [-0.15, -0.1) is 0 Å². The molecule has 2 aliphatic rings. The largest absolute Gasteiger partial charge is 0.308 e. The Bertz CT molecular complexity index is 500. The molecule has 3 rings (SSSR count). The van der Waals surface area contributed by atoms with E-state index in [9.17, 15) is 0 Å². The minimum absolute atomic E-state index is 0.324. The molecule has 116 valence electrons. The van der Waals surface area contributed by atoms with Crippen molar-refractivity contribution in [3.8, 4) is 0 Å². The van der Waals surface area contributed by atoms with E-state index in [1.807, 2.05) is 0 Å². The lowest BCUT2D eigenvalue weighted by Crippen LogP contribution is -2.57. The van der Waals surface area contributed by atoms with Crippen LogP contribution in [0, 0.1) is 0 Å². The molecule has 21 heavy (non-hydrogen) atoms. The topological polar surface area (TPSA) is 15.3 Å². The van der Waals surface area contributed by atoms with Crippen LogP contribution in [0.5, 0.6) is 0 Å². The van der Waals surface area contributed by atoms with Crippen LogP contribution in [0.3, 0.4) is 0 Å². The van der Waals surface area contributed by atoms with E-state index in [4.69, 9.17) is 0 Å². The van der Waals surface area contributed by atoms with E-state index in [0.717, 1.165) is 6.54 Å². The highest BCUT2D eigenvalue weighted by molar-refractivity contribution is 5.38. The SMILES string of the molecule is CN(C)C1(CNC2CCC(C)(C)c3ccccc32)CCC1. The maximum Gasteiger partial charge on any atom is 0.0328 e. The van der Waals surface area contributed by atoms with Gasteiger partial charge in [0.15, 0.2) is 0 Å². The van der Waals surface area contributed by atoms with Crippen molar-refractivity contribution in [2.45, 2.75) is 62.9 Å². The molecule has 1 saturated carbocycles. The molecule has 0 heterocycles. The van der Waals surface area contributed by atoms with Gasteiger partial charge in [-0.2, -0.15) is 0 Å². The molecule has 0 radical (unpaired) electrons. The first kappa shape index (κ1) is 15.1. The second kappa shape index (κ2) is 5.40. The highest BCUT2D eigenvalue weighted by Crippen LogP contribution is 2.42. The van der Waals surface area contributed by atoms with Crippen LogP contribution >= 0.6 is 0 Å². The monoisotopic (exact) mass is 286 g/mol. The molecule has 1 unspecified atom stereocenters. The molecule has 1 aromatic carbocycles. The van der Waals surface area contributed by atoms with Crippen molar-refractivity contribution in [3.63, 3.8) is 0 Å². The second-order valence-corrected chi connectivity index (χ2v) is 7.92. The number of nitrogens with one attached hydrogen (secondary N) is 1. The zero-order valence-electron chi connectivity index (χ0n) is 14.1. The molecule has 2 nitrogen and oxygen atoms in total. The molecule has 0 aliphatic heterocycles. The third-order valence-electron chi connectivity index (χ3n) is 6.03. The molecule has 0 saturated heterocycles. The summed E-state index contributed by atoms with van der Waals surface area (Å²) in [5.74, 6) is 0. The quantitative estimate of drug-likeness (QED) is 0.904. The number of nitrogens with zero attached hydrogens (tertiary/aromatic N) is 1. The summed E-state index contributed by atoms with van der Waals surface area (Å²) in [6, 6.07) is 9.58. The fourth-order valence-corrected chi connectivity index (χ4v) is 4.10. The average molecular weight is 286 g/mol. The Morgan fingerprint density at radius 2 is 1.86 bits per heavy atom. The van der Waals surface area contributed by atoms with Crippen molar-refractivity contribution in [1.82, 2.24) is 10.2 Å². The molecule has 2 heteroatoms. The number of fused-ring (bicyclic) bond motifs is 1. The zero-order valence-corrected chi connectivity index (χ0v) is 14.1. The molecular formula is C19H30N2. The minimum atomic E-state index is 0.324. The second-order valence-electron chi connectivity index (χ2n) is 7.92. The molecule has 1 fully saturated rings. The third kappa shape index (κ3) is 2.64. The van der Waals surface area contributed by atoms with Crippen molar-refractivity contribution in [2.24, 2.45) is 0 Å². The Kier molecular flexibility index (Phi) is 3.87. The van der Waals surface area contributed by atoms with Gasteiger partial charge in [-0.1, -0.05) is 38.1 Å². The van der Waals surface area contributed by atoms with Crippen molar-refractivity contribution < 1.29 is 0 Å². The molecule has 1 aromatic rings. The van der Waals surface area contributed by atoms with Crippen LogP contribution in [0.1, 0.15) is 63.1 Å². The van der Waals surface area contributed by atoms with Crippen LogP contribution in [0.25, 0.3) is 0 Å². The predicted molar refractivity (Wildman–Crippen MR) is 89.7 cm³/mol. The standard InChI is InChI=1S/C19H30N2/c1-18(2)13-10-17(15-8-5-6-9-16(15)18)20-14-19(21(3)4)11-7-12-19/h5-6,8-9,17,20H,7,10-14H2,1-4H3. The first-order valence-electron chi connectivity index (χ1n) is 8.45. The van der Waals surface area contributed by atoms with Gasteiger partial charge in [0, 0.05) is 18.1 Å². The number of likely N-dealkylation sites (N-methyl/N-ethyl adjacent to an activating group) is 1. The van der Waals surface area contributed by atoms with Crippen molar-refractivity contribution in [3.05, 3.63) is 35.4 Å². The summed E-state index contributed by atoms with van der Waals surface area (Å²) in [6.07, 6.45) is 6.60. The van der Waals surface area contributed by atoms with E-state index in [-0.39, 0.29) is 0 Å². The molecule has 0 spiro atoms. The predicted octanol–water partition coefficient (Wildman–Crippen LogP) is 3.87. The van der Waals surface area contributed by atoms with Gasteiger partial charge in [-0.3, -0.25) is 0 Å². The average Bonchev–Trinajstić information content (AvgIpc) is 2.39. The van der Waals surface area contributed by atoms with Crippen LogP contribution in [-0.2, 0) is 5.41 Å². The number of benzene rings is 1. The highest BCUT2D eigenvalue weighted by atomic mass is 15.2. The summed E-state index contributed by atoms with van der Waals surface area (Å²) >= 11 is 0. The van der Waals surface area contributed by atoms with E-state index in [2.05, 4.69) is 62.4 Å². The van der Waals surface area contributed by atoms with Crippen molar-refractivity contribution in [2.75, 3.05) is 20.6 Å². The van der Waals surface area contributed by atoms with E-state index >= 15 is 0 Å². The molecular weight excluding hydrogens is 256 g/mol. The number of rotatable bonds is 4. The Morgan fingerprint density at radius 1 is 1.14 bits per heavy atom. The Morgan fingerprint density at radius 3 is 2.48 bits per heavy atom. The lowest BCUT2D eigenvalue weighted by Gasteiger charge is -2.49. The number of hydrogen-bond acceptors (Lipinski definition) is 2. The fourth-order valence-electron chi connectivity index (χ4n) is 4.10. The van der Waals surface area contributed by atoms with Crippen LogP contribution in [0.2, 0.25) is 0 Å². The minimum Gasteiger partial charge on any atom is -0.308 e. The zero-order chi connectivity index (χ0) is 15.1. The molecule has 0 bridgehead atoms. The summed E-state index contributed by atoms with van der Waals surface area (Å²) in [4.78, 5) is 2.43. The maximum absolute atomic E-state index is 3.90. The van der Waals surface area contributed by atoms with E-state index in [1.54, 1.807) is 5.56 Å². The first-order chi connectivity index (χ1) is 9.95. The van der Waals surface area contributed by atoms with Crippen LogP contribution in [0.15, 0.2) is 24.3 Å². The van der Waals surface area contributed by atoms with Gasteiger partial charge >= 0.3 is 0 Å². The summed E-state index contributed by atoms with van der Waals surface area (Å²) in [7, 11) is 4.47. The van der Waals surface area contributed by atoms with Crippen LogP contribution in [-0.4, -0.2) is 31.1 Å². The van der Waals surface area contributed by atoms with Gasteiger partial charge in [0.2, 0.25) is 0 Å². The lowest BCUT2D eigenvalue weighted by atomic mass is 9.70. The maximum atomic E-state index is 3.90. The normalized spacial score (nSPS) is 26.2. The molecule has 1 atom stereocenters. The van der Waals surface area contributed by atoms with Gasteiger partial charge in [0.05, 0.1) is 0 Å². The van der Waals surface area contributed by atoms with E-state index in [0.29, 0.717) is 17.0 Å². The van der Waals surface area contributed by atoms with Crippen LogP contribution in [0.4, 0.5) is 0 Å². The van der Waals surface area contributed by atoms with Crippen LogP contribution < -0.4 is 5.32 Å². The van der Waals surface area contributed by atoms with E-state index < -0.39 is 0 Å².